The molecule has 9 nitrogen and oxygen atoms in total. The number of nitrogens with one attached hydrogen (secondary N) is 1. The average molecular weight is 475 g/mol. The SMILES string of the molecule is CC(O)c1cc2cnc(Nc3ccc4c(n3)CCN(C3CN(C)C3)C4)nc2c(N2CCCCC2)n1. The fourth-order valence-corrected chi connectivity index (χ4v) is 5.47. The summed E-state index contributed by atoms with van der Waals surface area (Å²) in [6.45, 7) is 8.02. The van der Waals surface area contributed by atoms with Gasteiger partial charge in [-0.05, 0) is 50.9 Å². The Bertz CT molecular complexity index is 1220. The van der Waals surface area contributed by atoms with E-state index in [0.29, 0.717) is 17.7 Å². The highest BCUT2D eigenvalue weighted by atomic mass is 16.3. The number of pyridine rings is 2. The Labute approximate surface area is 206 Å². The van der Waals surface area contributed by atoms with Crippen molar-refractivity contribution in [2.75, 3.05) is 50.0 Å². The molecule has 0 bridgehead atoms. The number of anilines is 3. The molecule has 0 radical (unpaired) electrons. The summed E-state index contributed by atoms with van der Waals surface area (Å²) in [7, 11) is 2.18. The lowest BCUT2D eigenvalue weighted by atomic mass is 10.0. The molecule has 0 saturated carbocycles. The first-order chi connectivity index (χ1) is 17.0. The quantitative estimate of drug-likeness (QED) is 0.579. The van der Waals surface area contributed by atoms with Crippen molar-refractivity contribution in [3.05, 3.63) is 41.3 Å². The lowest BCUT2D eigenvalue weighted by molar-refractivity contribution is 0.0430. The minimum atomic E-state index is -0.637. The summed E-state index contributed by atoms with van der Waals surface area (Å²) < 4.78 is 0. The Morgan fingerprint density at radius 3 is 2.66 bits per heavy atom. The van der Waals surface area contributed by atoms with Crippen LogP contribution in [0.1, 0.15) is 49.2 Å². The van der Waals surface area contributed by atoms with Gasteiger partial charge in [-0.15, -0.1) is 0 Å². The standard InChI is InChI=1S/C26H34N8O/c1-17(35)22-12-19-13-27-26(31-24(19)25(29-22)33-9-4-3-5-10-33)30-23-7-6-18-14-34(11-8-21(18)28-23)20-15-32(2)16-20/h6-7,12-13,17,20,35H,3-5,8-11,14-16H2,1-2H3,(H,27,28,30,31). The summed E-state index contributed by atoms with van der Waals surface area (Å²) in [4.78, 5) is 26.4. The zero-order valence-electron chi connectivity index (χ0n) is 20.6. The van der Waals surface area contributed by atoms with Crippen LogP contribution in [0.4, 0.5) is 17.6 Å². The Balaban J connectivity index is 1.25. The third-order valence-corrected chi connectivity index (χ3v) is 7.53. The lowest BCUT2D eigenvalue weighted by Crippen LogP contribution is -2.58. The van der Waals surface area contributed by atoms with E-state index in [1.807, 2.05) is 18.3 Å². The van der Waals surface area contributed by atoms with Crippen LogP contribution in [0.3, 0.4) is 0 Å². The maximum Gasteiger partial charge on any atom is 0.229 e. The predicted molar refractivity (Wildman–Crippen MR) is 137 cm³/mol. The summed E-state index contributed by atoms with van der Waals surface area (Å²) in [6.07, 6.45) is 5.68. The first kappa shape index (κ1) is 22.6. The van der Waals surface area contributed by atoms with Gasteiger partial charge in [-0.1, -0.05) is 6.07 Å². The van der Waals surface area contributed by atoms with Crippen LogP contribution < -0.4 is 10.2 Å². The van der Waals surface area contributed by atoms with Crippen LogP contribution in [0.25, 0.3) is 10.9 Å². The number of piperidine rings is 1. The van der Waals surface area contributed by atoms with Gasteiger partial charge < -0.3 is 20.2 Å². The van der Waals surface area contributed by atoms with Crippen molar-refractivity contribution in [2.24, 2.45) is 0 Å². The second-order valence-corrected chi connectivity index (χ2v) is 10.2. The van der Waals surface area contributed by atoms with Crippen molar-refractivity contribution in [3.63, 3.8) is 0 Å². The molecule has 0 aliphatic carbocycles. The molecule has 9 heteroatoms. The molecule has 35 heavy (non-hydrogen) atoms. The Morgan fingerprint density at radius 1 is 1.06 bits per heavy atom. The number of hydrogen-bond donors (Lipinski definition) is 2. The summed E-state index contributed by atoms with van der Waals surface area (Å²) in [5, 5.41) is 14.4. The number of nitrogens with zero attached hydrogens (tertiary/aromatic N) is 7. The smallest absolute Gasteiger partial charge is 0.229 e. The molecule has 0 spiro atoms. The number of fused-ring (bicyclic) bond motifs is 2. The van der Waals surface area contributed by atoms with Gasteiger partial charge in [-0.2, -0.15) is 0 Å². The number of hydrogen-bond acceptors (Lipinski definition) is 9. The van der Waals surface area contributed by atoms with Crippen molar-refractivity contribution < 1.29 is 5.11 Å². The van der Waals surface area contributed by atoms with E-state index in [2.05, 4.69) is 38.1 Å². The molecule has 3 aromatic rings. The van der Waals surface area contributed by atoms with Crippen molar-refractivity contribution in [2.45, 2.75) is 51.3 Å². The van der Waals surface area contributed by atoms with Crippen molar-refractivity contribution in [1.29, 1.82) is 0 Å². The first-order valence-electron chi connectivity index (χ1n) is 12.8. The molecule has 3 aliphatic rings. The van der Waals surface area contributed by atoms with E-state index in [-0.39, 0.29) is 0 Å². The molecule has 3 aliphatic heterocycles. The molecule has 184 valence electrons. The first-order valence-corrected chi connectivity index (χ1v) is 12.8. The Kier molecular flexibility index (Phi) is 5.99. The summed E-state index contributed by atoms with van der Waals surface area (Å²) in [6, 6.07) is 6.79. The molecule has 0 amide bonds. The number of aliphatic hydroxyl groups excluding tert-OH is 1. The molecule has 2 fully saturated rings. The molecule has 2 N–H and O–H groups in total. The number of aliphatic hydroxyl groups is 1. The molecular formula is C26H34N8O. The minimum Gasteiger partial charge on any atom is -0.387 e. The lowest BCUT2D eigenvalue weighted by Gasteiger charge is -2.45. The highest BCUT2D eigenvalue weighted by molar-refractivity contribution is 5.89. The number of likely N-dealkylation sites (N-methyl/N-ethyl adjacent to an activating group) is 1. The van der Waals surface area contributed by atoms with E-state index in [9.17, 15) is 5.11 Å². The molecule has 6 heterocycles. The van der Waals surface area contributed by atoms with E-state index in [1.165, 1.54) is 12.0 Å². The third-order valence-electron chi connectivity index (χ3n) is 7.53. The van der Waals surface area contributed by atoms with Crippen LogP contribution in [0, 0.1) is 0 Å². The molecule has 6 rings (SSSR count). The fourth-order valence-electron chi connectivity index (χ4n) is 5.47. The zero-order chi connectivity index (χ0) is 23.9. The van der Waals surface area contributed by atoms with Crippen LogP contribution in [-0.2, 0) is 13.0 Å². The van der Waals surface area contributed by atoms with Crippen molar-refractivity contribution in [1.82, 2.24) is 29.7 Å². The van der Waals surface area contributed by atoms with Gasteiger partial charge in [0.05, 0.1) is 11.8 Å². The minimum absolute atomic E-state index is 0.518. The molecule has 1 atom stereocenters. The van der Waals surface area contributed by atoms with Gasteiger partial charge in [0, 0.05) is 69.0 Å². The molecule has 2 saturated heterocycles. The summed E-state index contributed by atoms with van der Waals surface area (Å²) >= 11 is 0. The van der Waals surface area contributed by atoms with Crippen LogP contribution in [0.2, 0.25) is 0 Å². The normalized spacial score (nSPS) is 20.5. The van der Waals surface area contributed by atoms with Crippen LogP contribution >= 0.6 is 0 Å². The second-order valence-electron chi connectivity index (χ2n) is 10.2. The second kappa shape index (κ2) is 9.29. The molecular weight excluding hydrogens is 440 g/mol. The van der Waals surface area contributed by atoms with Crippen LogP contribution in [0.5, 0.6) is 0 Å². The van der Waals surface area contributed by atoms with Gasteiger partial charge in [0.2, 0.25) is 5.95 Å². The van der Waals surface area contributed by atoms with Crippen LogP contribution in [0.15, 0.2) is 24.4 Å². The number of aromatic nitrogens is 4. The highest BCUT2D eigenvalue weighted by Crippen LogP contribution is 2.30. The monoisotopic (exact) mass is 474 g/mol. The highest BCUT2D eigenvalue weighted by Gasteiger charge is 2.31. The van der Waals surface area contributed by atoms with Gasteiger partial charge in [0.15, 0.2) is 5.82 Å². The number of rotatable bonds is 5. The van der Waals surface area contributed by atoms with Gasteiger partial charge in [-0.25, -0.2) is 19.9 Å². The van der Waals surface area contributed by atoms with E-state index >= 15 is 0 Å². The topological polar surface area (TPSA) is 93.5 Å². The largest absolute Gasteiger partial charge is 0.387 e. The fraction of sp³-hybridized carbons (Fsp3) is 0.538. The van der Waals surface area contributed by atoms with E-state index < -0.39 is 6.10 Å². The zero-order valence-corrected chi connectivity index (χ0v) is 20.6. The average Bonchev–Trinajstić information content (AvgIpc) is 2.86. The van der Waals surface area contributed by atoms with Gasteiger partial charge in [-0.3, -0.25) is 4.90 Å². The molecule has 0 aromatic carbocycles. The van der Waals surface area contributed by atoms with Gasteiger partial charge in [0.1, 0.15) is 11.3 Å². The summed E-state index contributed by atoms with van der Waals surface area (Å²) in [5.74, 6) is 2.13. The van der Waals surface area contributed by atoms with E-state index in [1.54, 1.807) is 6.92 Å². The van der Waals surface area contributed by atoms with Crippen molar-refractivity contribution in [3.8, 4) is 0 Å². The predicted octanol–water partition coefficient (Wildman–Crippen LogP) is 2.88. The Hall–Kier alpha value is -2.88. The number of likely N-dealkylation sites (tertiary alicyclic amines) is 1. The van der Waals surface area contributed by atoms with E-state index in [0.717, 1.165) is 86.8 Å². The van der Waals surface area contributed by atoms with Gasteiger partial charge >= 0.3 is 0 Å². The Morgan fingerprint density at radius 2 is 1.89 bits per heavy atom. The maximum absolute atomic E-state index is 10.2. The maximum atomic E-state index is 10.2. The van der Waals surface area contributed by atoms with Crippen LogP contribution in [-0.4, -0.2) is 80.7 Å². The third kappa shape index (κ3) is 4.55. The van der Waals surface area contributed by atoms with Crippen molar-refractivity contribution >= 4 is 28.5 Å². The summed E-state index contributed by atoms with van der Waals surface area (Å²) in [5.41, 5.74) is 3.95. The molecule has 3 aromatic heterocycles. The molecule has 1 unspecified atom stereocenters. The van der Waals surface area contributed by atoms with Gasteiger partial charge in [0.25, 0.3) is 0 Å². The van der Waals surface area contributed by atoms with E-state index in [4.69, 9.17) is 15.0 Å².